The van der Waals surface area contributed by atoms with Gasteiger partial charge in [0.15, 0.2) is 11.2 Å². The zero-order chi connectivity index (χ0) is 18.1. The van der Waals surface area contributed by atoms with Gasteiger partial charge in [0.2, 0.25) is 5.95 Å². The molecule has 0 aliphatic rings. The molecular formula is C15H14N6O4. The molecule has 2 aromatic heterocycles. The van der Waals surface area contributed by atoms with Crippen molar-refractivity contribution in [2.24, 2.45) is 19.2 Å². The standard InChI is InChI=1S/C15H14N6O4/c1-20-11-10(12(22)21(2)15(20)25)17-14(18-11)19-16-7-8-5-3-4-6-9(8)13(23)24/h3-7H,1-2H3,(H,23,24)(H2,17,18,19)/b16-7-. The summed E-state index contributed by atoms with van der Waals surface area (Å²) in [5.41, 5.74) is 2.46. The Morgan fingerprint density at radius 2 is 2.00 bits per heavy atom. The van der Waals surface area contributed by atoms with Crippen LogP contribution in [0.4, 0.5) is 5.95 Å². The van der Waals surface area contributed by atoms with Crippen molar-refractivity contribution in [3.05, 3.63) is 56.2 Å². The van der Waals surface area contributed by atoms with E-state index in [4.69, 9.17) is 5.11 Å². The van der Waals surface area contributed by atoms with Crippen molar-refractivity contribution in [3.8, 4) is 0 Å². The highest BCUT2D eigenvalue weighted by atomic mass is 16.4. The number of hydrazone groups is 1. The number of hydrogen-bond acceptors (Lipinski definition) is 6. The molecule has 2 heterocycles. The number of rotatable bonds is 4. The molecule has 0 saturated heterocycles. The monoisotopic (exact) mass is 342 g/mol. The lowest BCUT2D eigenvalue weighted by molar-refractivity contribution is 0.0697. The Hall–Kier alpha value is -3.69. The van der Waals surface area contributed by atoms with Gasteiger partial charge in [-0.25, -0.2) is 15.0 Å². The fourth-order valence-corrected chi connectivity index (χ4v) is 2.35. The molecule has 0 unspecified atom stereocenters. The fourth-order valence-electron chi connectivity index (χ4n) is 2.35. The number of anilines is 1. The summed E-state index contributed by atoms with van der Waals surface area (Å²) >= 11 is 0. The van der Waals surface area contributed by atoms with E-state index < -0.39 is 17.2 Å². The molecule has 0 aliphatic heterocycles. The maximum Gasteiger partial charge on any atom is 0.336 e. The predicted octanol–water partition coefficient (Wildman–Crippen LogP) is 0.105. The number of carboxylic acids is 1. The first-order valence-electron chi connectivity index (χ1n) is 7.17. The highest BCUT2D eigenvalue weighted by Gasteiger charge is 2.13. The van der Waals surface area contributed by atoms with Crippen molar-refractivity contribution in [2.45, 2.75) is 0 Å². The summed E-state index contributed by atoms with van der Waals surface area (Å²) in [6.07, 6.45) is 1.33. The number of H-pyrrole nitrogens is 1. The Balaban J connectivity index is 1.94. The topological polar surface area (TPSA) is 134 Å². The summed E-state index contributed by atoms with van der Waals surface area (Å²) < 4.78 is 2.21. The largest absolute Gasteiger partial charge is 0.478 e. The van der Waals surface area contributed by atoms with Crippen molar-refractivity contribution in [2.75, 3.05) is 5.43 Å². The number of nitrogens with zero attached hydrogens (tertiary/aromatic N) is 4. The number of aromatic amines is 1. The zero-order valence-electron chi connectivity index (χ0n) is 13.3. The molecule has 0 bridgehead atoms. The molecule has 128 valence electrons. The van der Waals surface area contributed by atoms with Crippen LogP contribution in [0.25, 0.3) is 11.2 Å². The molecule has 25 heavy (non-hydrogen) atoms. The zero-order valence-corrected chi connectivity index (χ0v) is 13.3. The first-order chi connectivity index (χ1) is 11.9. The Kier molecular flexibility index (Phi) is 3.93. The molecule has 10 heteroatoms. The van der Waals surface area contributed by atoms with Crippen LogP contribution < -0.4 is 16.7 Å². The molecule has 0 fully saturated rings. The second kappa shape index (κ2) is 6.07. The van der Waals surface area contributed by atoms with Crippen LogP contribution in [-0.2, 0) is 14.1 Å². The molecule has 0 amide bonds. The van der Waals surface area contributed by atoms with Gasteiger partial charge in [0, 0.05) is 19.7 Å². The Morgan fingerprint density at radius 3 is 2.72 bits per heavy atom. The maximum atomic E-state index is 12.1. The molecule has 3 rings (SSSR count). The number of aromatic carboxylic acids is 1. The van der Waals surface area contributed by atoms with E-state index in [9.17, 15) is 14.4 Å². The van der Waals surface area contributed by atoms with Crippen LogP contribution in [0, 0.1) is 0 Å². The number of fused-ring (bicyclic) bond motifs is 1. The van der Waals surface area contributed by atoms with Crippen LogP contribution in [0.1, 0.15) is 15.9 Å². The molecule has 10 nitrogen and oxygen atoms in total. The van der Waals surface area contributed by atoms with Crippen LogP contribution in [0.3, 0.4) is 0 Å². The molecule has 3 aromatic rings. The molecule has 0 saturated carbocycles. The SMILES string of the molecule is Cn1c(=O)c2[nH]c(N/N=C\c3ccccc3C(=O)O)nc2n(C)c1=O. The van der Waals surface area contributed by atoms with Crippen LogP contribution in [0.2, 0.25) is 0 Å². The third-order valence-electron chi connectivity index (χ3n) is 3.66. The van der Waals surface area contributed by atoms with Crippen LogP contribution in [0.15, 0.2) is 39.0 Å². The summed E-state index contributed by atoms with van der Waals surface area (Å²) in [7, 11) is 2.88. The normalized spacial score (nSPS) is 11.3. The molecule has 0 spiro atoms. The summed E-state index contributed by atoms with van der Waals surface area (Å²) in [6, 6.07) is 6.37. The van der Waals surface area contributed by atoms with E-state index in [1.54, 1.807) is 18.2 Å². The minimum atomic E-state index is -1.07. The van der Waals surface area contributed by atoms with E-state index in [2.05, 4.69) is 20.5 Å². The minimum absolute atomic E-state index is 0.105. The first-order valence-corrected chi connectivity index (χ1v) is 7.17. The lowest BCUT2D eigenvalue weighted by Crippen LogP contribution is -2.36. The van der Waals surface area contributed by atoms with Gasteiger partial charge in [-0.1, -0.05) is 18.2 Å². The van der Waals surface area contributed by atoms with Gasteiger partial charge < -0.3 is 10.1 Å². The molecule has 0 aliphatic carbocycles. The Bertz CT molecular complexity index is 1120. The second-order valence-corrected chi connectivity index (χ2v) is 5.25. The summed E-state index contributed by atoms with van der Waals surface area (Å²) in [6.45, 7) is 0. The van der Waals surface area contributed by atoms with Crippen molar-refractivity contribution in [1.82, 2.24) is 19.1 Å². The fraction of sp³-hybridized carbons (Fsp3) is 0.133. The average Bonchev–Trinajstić information content (AvgIpc) is 3.03. The quantitative estimate of drug-likeness (QED) is 0.455. The van der Waals surface area contributed by atoms with Gasteiger partial charge in [-0.3, -0.25) is 13.9 Å². The van der Waals surface area contributed by atoms with E-state index in [1.807, 2.05) is 0 Å². The summed E-state index contributed by atoms with van der Waals surface area (Å²) in [5.74, 6) is -0.915. The number of carbonyl (C=O) groups is 1. The van der Waals surface area contributed by atoms with Crippen molar-refractivity contribution in [3.63, 3.8) is 0 Å². The molecule has 3 N–H and O–H groups in total. The van der Waals surface area contributed by atoms with E-state index >= 15 is 0 Å². The molecule has 1 aromatic carbocycles. The number of imidazole rings is 1. The number of hydrogen-bond donors (Lipinski definition) is 3. The maximum absolute atomic E-state index is 12.1. The van der Waals surface area contributed by atoms with Gasteiger partial charge in [-0.05, 0) is 6.07 Å². The average molecular weight is 342 g/mol. The van der Waals surface area contributed by atoms with Crippen molar-refractivity contribution in [1.29, 1.82) is 0 Å². The van der Waals surface area contributed by atoms with Gasteiger partial charge in [0.25, 0.3) is 5.56 Å². The number of aryl methyl sites for hydroxylation is 1. The lowest BCUT2D eigenvalue weighted by Gasteiger charge is -2.00. The number of carboxylic acid groups (broad SMARTS) is 1. The van der Waals surface area contributed by atoms with Gasteiger partial charge >= 0.3 is 11.7 Å². The smallest absolute Gasteiger partial charge is 0.336 e. The summed E-state index contributed by atoms with van der Waals surface area (Å²) in [5, 5.41) is 13.0. The van der Waals surface area contributed by atoms with E-state index in [0.717, 1.165) is 4.57 Å². The number of benzene rings is 1. The Labute approximate surface area is 140 Å². The number of nitrogens with one attached hydrogen (secondary N) is 2. The lowest BCUT2D eigenvalue weighted by atomic mass is 10.1. The second-order valence-electron chi connectivity index (χ2n) is 5.25. The van der Waals surface area contributed by atoms with Crippen LogP contribution >= 0.6 is 0 Å². The van der Waals surface area contributed by atoms with Crippen molar-refractivity contribution < 1.29 is 9.90 Å². The van der Waals surface area contributed by atoms with Gasteiger partial charge in [0.05, 0.1) is 11.8 Å². The number of aromatic nitrogens is 4. The third-order valence-corrected chi connectivity index (χ3v) is 3.66. The highest BCUT2D eigenvalue weighted by molar-refractivity contribution is 5.98. The highest BCUT2D eigenvalue weighted by Crippen LogP contribution is 2.09. The first kappa shape index (κ1) is 16.2. The van der Waals surface area contributed by atoms with E-state index in [0.29, 0.717) is 5.56 Å². The van der Waals surface area contributed by atoms with Crippen LogP contribution in [0.5, 0.6) is 0 Å². The van der Waals surface area contributed by atoms with Gasteiger partial charge in [0.1, 0.15) is 0 Å². The van der Waals surface area contributed by atoms with E-state index in [-0.39, 0.29) is 22.7 Å². The Morgan fingerprint density at radius 1 is 1.28 bits per heavy atom. The molecule has 0 radical (unpaired) electrons. The molecular weight excluding hydrogens is 328 g/mol. The van der Waals surface area contributed by atoms with Crippen molar-refractivity contribution >= 4 is 29.3 Å². The minimum Gasteiger partial charge on any atom is -0.478 e. The predicted molar refractivity (Wildman–Crippen MR) is 91.2 cm³/mol. The van der Waals surface area contributed by atoms with E-state index in [1.165, 1.54) is 30.9 Å². The molecule has 0 atom stereocenters. The third kappa shape index (κ3) is 2.80. The van der Waals surface area contributed by atoms with Gasteiger partial charge in [-0.15, -0.1) is 0 Å². The van der Waals surface area contributed by atoms with Gasteiger partial charge in [-0.2, -0.15) is 10.1 Å². The summed E-state index contributed by atoms with van der Waals surface area (Å²) in [4.78, 5) is 42.0. The van der Waals surface area contributed by atoms with Crippen LogP contribution in [-0.4, -0.2) is 36.4 Å².